The van der Waals surface area contributed by atoms with Crippen molar-refractivity contribution in [3.05, 3.63) is 47.8 Å². The maximum atomic E-state index is 12.6. The van der Waals surface area contributed by atoms with Crippen LogP contribution in [0.1, 0.15) is 25.0 Å². The molecule has 0 aliphatic carbocycles. The van der Waals surface area contributed by atoms with Crippen LogP contribution in [0, 0.1) is 5.92 Å². The van der Waals surface area contributed by atoms with E-state index in [2.05, 4.69) is 18.9 Å². The molecule has 0 N–H and O–H groups in total. The van der Waals surface area contributed by atoms with Crippen LogP contribution in [0.2, 0.25) is 0 Å². The Morgan fingerprint density at radius 1 is 1.18 bits per heavy atom. The first kappa shape index (κ1) is 16.7. The quantitative estimate of drug-likeness (QED) is 0.821. The van der Waals surface area contributed by atoms with Gasteiger partial charge < -0.3 is 0 Å². The molecule has 1 aromatic heterocycles. The fraction of sp³-hybridized carbons (Fsp3) is 0.438. The number of hydrogen-bond donors (Lipinski definition) is 0. The SMILES string of the molecule is CC(C)Cc1ccc(S(=O)(=O)N(C)Cc2cnn(C)c2)cc1. The summed E-state index contributed by atoms with van der Waals surface area (Å²) in [7, 11) is -0.0782. The second-order valence-electron chi connectivity index (χ2n) is 6.03. The molecule has 2 aromatic rings. The molecule has 0 unspecified atom stereocenters. The molecule has 0 aliphatic heterocycles. The minimum absolute atomic E-state index is 0.309. The predicted octanol–water partition coefficient (Wildman–Crippen LogP) is 2.44. The van der Waals surface area contributed by atoms with Crippen molar-refractivity contribution in [1.29, 1.82) is 0 Å². The zero-order chi connectivity index (χ0) is 16.3. The van der Waals surface area contributed by atoms with Gasteiger partial charge in [0.05, 0.1) is 11.1 Å². The van der Waals surface area contributed by atoms with E-state index < -0.39 is 10.0 Å². The number of aryl methyl sites for hydroxylation is 1. The highest BCUT2D eigenvalue weighted by Gasteiger charge is 2.21. The molecule has 0 spiro atoms. The van der Waals surface area contributed by atoms with Gasteiger partial charge in [-0.15, -0.1) is 0 Å². The molecule has 0 radical (unpaired) electrons. The van der Waals surface area contributed by atoms with Gasteiger partial charge in [-0.25, -0.2) is 8.42 Å². The number of hydrogen-bond acceptors (Lipinski definition) is 3. The maximum Gasteiger partial charge on any atom is 0.243 e. The highest BCUT2D eigenvalue weighted by atomic mass is 32.2. The third kappa shape index (κ3) is 3.96. The summed E-state index contributed by atoms with van der Waals surface area (Å²) in [5, 5.41) is 4.06. The highest BCUT2D eigenvalue weighted by molar-refractivity contribution is 7.89. The number of benzene rings is 1. The Labute approximate surface area is 132 Å². The fourth-order valence-corrected chi connectivity index (χ4v) is 3.50. The Kier molecular flexibility index (Phi) is 5.03. The van der Waals surface area contributed by atoms with Crippen LogP contribution in [-0.2, 0) is 30.0 Å². The summed E-state index contributed by atoms with van der Waals surface area (Å²) in [5.74, 6) is 0.552. The fourth-order valence-electron chi connectivity index (χ4n) is 2.34. The molecule has 0 saturated carbocycles. The molecule has 0 saturated heterocycles. The lowest BCUT2D eigenvalue weighted by Crippen LogP contribution is -2.26. The van der Waals surface area contributed by atoms with Crippen LogP contribution in [0.3, 0.4) is 0 Å². The summed E-state index contributed by atoms with van der Waals surface area (Å²) in [6.45, 7) is 4.60. The monoisotopic (exact) mass is 321 g/mol. The Morgan fingerprint density at radius 2 is 1.82 bits per heavy atom. The van der Waals surface area contributed by atoms with E-state index in [-0.39, 0.29) is 0 Å². The first-order chi connectivity index (χ1) is 10.3. The second kappa shape index (κ2) is 6.62. The molecule has 120 valence electrons. The van der Waals surface area contributed by atoms with Crippen LogP contribution in [-0.4, -0.2) is 29.6 Å². The summed E-state index contributed by atoms with van der Waals surface area (Å²) in [5.41, 5.74) is 2.02. The van der Waals surface area contributed by atoms with E-state index in [9.17, 15) is 8.42 Å². The van der Waals surface area contributed by atoms with Gasteiger partial charge in [-0.1, -0.05) is 26.0 Å². The summed E-state index contributed by atoms with van der Waals surface area (Å²) in [6, 6.07) is 7.16. The molecule has 22 heavy (non-hydrogen) atoms. The molecular weight excluding hydrogens is 298 g/mol. The van der Waals surface area contributed by atoms with E-state index in [1.165, 1.54) is 4.31 Å². The summed E-state index contributed by atoms with van der Waals surface area (Å²) in [6.07, 6.45) is 4.45. The van der Waals surface area contributed by atoms with E-state index >= 15 is 0 Å². The molecule has 6 heteroatoms. The lowest BCUT2D eigenvalue weighted by Gasteiger charge is -2.16. The molecule has 5 nitrogen and oxygen atoms in total. The Balaban J connectivity index is 2.14. The number of aromatic nitrogens is 2. The van der Waals surface area contributed by atoms with E-state index in [0.29, 0.717) is 17.4 Å². The average Bonchev–Trinajstić information content (AvgIpc) is 2.84. The van der Waals surface area contributed by atoms with Crippen molar-refractivity contribution >= 4 is 10.0 Å². The standard InChI is InChI=1S/C16H23N3O2S/c1-13(2)9-14-5-7-16(8-6-14)22(20,21)19(4)12-15-10-17-18(3)11-15/h5-8,10-11,13H,9,12H2,1-4H3. The summed E-state index contributed by atoms with van der Waals surface area (Å²) >= 11 is 0. The van der Waals surface area contributed by atoms with Gasteiger partial charge in [-0.3, -0.25) is 4.68 Å². The van der Waals surface area contributed by atoms with Crippen molar-refractivity contribution in [2.24, 2.45) is 13.0 Å². The smallest absolute Gasteiger partial charge is 0.243 e. The molecule has 1 heterocycles. The lowest BCUT2D eigenvalue weighted by molar-refractivity contribution is 0.466. The summed E-state index contributed by atoms with van der Waals surface area (Å²) < 4.78 is 28.2. The van der Waals surface area contributed by atoms with E-state index in [0.717, 1.165) is 17.5 Å². The summed E-state index contributed by atoms with van der Waals surface area (Å²) in [4.78, 5) is 0.325. The predicted molar refractivity (Wildman–Crippen MR) is 86.8 cm³/mol. The van der Waals surface area contributed by atoms with Gasteiger partial charge in [-0.2, -0.15) is 9.40 Å². The van der Waals surface area contributed by atoms with Gasteiger partial charge >= 0.3 is 0 Å². The van der Waals surface area contributed by atoms with Crippen LogP contribution < -0.4 is 0 Å². The first-order valence-corrected chi connectivity index (χ1v) is 8.76. The van der Waals surface area contributed by atoms with E-state index in [1.807, 2.05) is 25.4 Å². The highest BCUT2D eigenvalue weighted by Crippen LogP contribution is 2.18. The first-order valence-electron chi connectivity index (χ1n) is 7.32. The van der Waals surface area contributed by atoms with Crippen molar-refractivity contribution in [1.82, 2.24) is 14.1 Å². The zero-order valence-electron chi connectivity index (χ0n) is 13.5. The average molecular weight is 321 g/mol. The van der Waals surface area contributed by atoms with Gasteiger partial charge in [0.2, 0.25) is 10.0 Å². The van der Waals surface area contributed by atoms with Crippen LogP contribution in [0.4, 0.5) is 0 Å². The molecule has 0 aliphatic rings. The van der Waals surface area contributed by atoms with Gasteiger partial charge in [0.25, 0.3) is 0 Å². The maximum absolute atomic E-state index is 12.6. The third-order valence-corrected chi connectivity index (χ3v) is 5.26. The van der Waals surface area contributed by atoms with Crippen molar-refractivity contribution in [2.75, 3.05) is 7.05 Å². The van der Waals surface area contributed by atoms with Gasteiger partial charge in [0.15, 0.2) is 0 Å². The van der Waals surface area contributed by atoms with E-state index in [1.54, 1.807) is 30.1 Å². The molecule has 0 bridgehead atoms. The number of nitrogens with zero attached hydrogens (tertiary/aromatic N) is 3. The normalized spacial score (nSPS) is 12.3. The van der Waals surface area contributed by atoms with Gasteiger partial charge in [-0.05, 0) is 30.0 Å². The Hall–Kier alpha value is -1.66. The van der Waals surface area contributed by atoms with Crippen molar-refractivity contribution < 1.29 is 8.42 Å². The van der Waals surface area contributed by atoms with Crippen LogP contribution >= 0.6 is 0 Å². The molecule has 0 atom stereocenters. The Morgan fingerprint density at radius 3 is 2.32 bits per heavy atom. The van der Waals surface area contributed by atoms with Crippen molar-refractivity contribution in [2.45, 2.75) is 31.7 Å². The van der Waals surface area contributed by atoms with Crippen molar-refractivity contribution in [3.8, 4) is 0 Å². The van der Waals surface area contributed by atoms with Gasteiger partial charge in [0.1, 0.15) is 0 Å². The van der Waals surface area contributed by atoms with Crippen LogP contribution in [0.15, 0.2) is 41.6 Å². The van der Waals surface area contributed by atoms with Crippen LogP contribution in [0.5, 0.6) is 0 Å². The Bertz CT molecular complexity index is 718. The second-order valence-corrected chi connectivity index (χ2v) is 8.07. The molecular formula is C16H23N3O2S. The molecule has 2 rings (SSSR count). The molecule has 0 amide bonds. The minimum Gasteiger partial charge on any atom is -0.275 e. The number of sulfonamides is 1. The third-order valence-electron chi connectivity index (χ3n) is 3.44. The molecule has 0 fully saturated rings. The van der Waals surface area contributed by atoms with E-state index in [4.69, 9.17) is 0 Å². The van der Waals surface area contributed by atoms with Gasteiger partial charge in [0, 0.05) is 32.4 Å². The zero-order valence-corrected chi connectivity index (χ0v) is 14.3. The molecule has 1 aromatic carbocycles. The lowest BCUT2D eigenvalue weighted by atomic mass is 10.0. The number of rotatable bonds is 6. The van der Waals surface area contributed by atoms with Crippen molar-refractivity contribution in [3.63, 3.8) is 0 Å². The largest absolute Gasteiger partial charge is 0.275 e. The topological polar surface area (TPSA) is 55.2 Å². The van der Waals surface area contributed by atoms with Crippen LogP contribution in [0.25, 0.3) is 0 Å². The minimum atomic E-state index is -3.48.